The van der Waals surface area contributed by atoms with Crippen LogP contribution in [0, 0.1) is 0 Å². The Kier molecular flexibility index (Phi) is 3.39. The summed E-state index contributed by atoms with van der Waals surface area (Å²) in [5, 5.41) is 13.5. The fourth-order valence-corrected chi connectivity index (χ4v) is 1.90. The van der Waals surface area contributed by atoms with Crippen LogP contribution in [0.15, 0.2) is 35.1 Å². The van der Waals surface area contributed by atoms with Crippen LogP contribution in [0.5, 0.6) is 0 Å². The predicted octanol–water partition coefficient (Wildman–Crippen LogP) is 1.99. The highest BCUT2D eigenvalue weighted by molar-refractivity contribution is 5.79. The summed E-state index contributed by atoms with van der Waals surface area (Å²) in [4.78, 5) is 12.7. The molecule has 0 spiro atoms. The summed E-state index contributed by atoms with van der Waals surface area (Å²) in [5.41, 5.74) is 2.42. The number of aromatic nitrogens is 4. The summed E-state index contributed by atoms with van der Waals surface area (Å²) in [6.45, 7) is 1.91. The summed E-state index contributed by atoms with van der Waals surface area (Å²) in [6.07, 6.45) is 3.87. The van der Waals surface area contributed by atoms with Gasteiger partial charge in [0.1, 0.15) is 0 Å². The summed E-state index contributed by atoms with van der Waals surface area (Å²) in [6, 6.07) is 5.61. The molecular weight excluding hydrogens is 256 g/mol. The lowest BCUT2D eigenvalue weighted by molar-refractivity contribution is 0.158. The first-order valence-corrected chi connectivity index (χ1v) is 6.48. The average Bonchev–Trinajstić information content (AvgIpc) is 2.95. The third-order valence-corrected chi connectivity index (χ3v) is 3.08. The Morgan fingerprint density at radius 3 is 2.80 bits per heavy atom. The van der Waals surface area contributed by atoms with Crippen molar-refractivity contribution in [2.24, 2.45) is 0 Å². The molecular formula is C14H14N4O2. The van der Waals surface area contributed by atoms with Crippen LogP contribution in [-0.4, -0.2) is 31.3 Å². The van der Waals surface area contributed by atoms with Crippen LogP contribution in [0.3, 0.4) is 0 Å². The first-order valence-electron chi connectivity index (χ1n) is 6.48. The molecule has 1 atom stereocenters. The molecule has 1 aromatic carbocycles. The van der Waals surface area contributed by atoms with Crippen molar-refractivity contribution in [3.8, 4) is 11.4 Å². The summed E-state index contributed by atoms with van der Waals surface area (Å²) in [5.74, 6) is 0.935. The lowest BCUT2D eigenvalue weighted by Crippen LogP contribution is -2.08. The maximum atomic E-state index is 9.59. The summed E-state index contributed by atoms with van der Waals surface area (Å²) in [7, 11) is 0. The Morgan fingerprint density at radius 1 is 1.20 bits per heavy atom. The SMILES string of the molecule is CCC(O)Cc1nc(-c2ccc3nccnc3c2)no1. The van der Waals surface area contributed by atoms with E-state index < -0.39 is 6.10 Å². The van der Waals surface area contributed by atoms with Crippen LogP contribution in [-0.2, 0) is 6.42 Å². The lowest BCUT2D eigenvalue weighted by Gasteiger charge is -2.01. The molecule has 0 fully saturated rings. The maximum absolute atomic E-state index is 9.59. The van der Waals surface area contributed by atoms with Crippen molar-refractivity contribution in [2.45, 2.75) is 25.9 Å². The molecule has 2 heterocycles. The van der Waals surface area contributed by atoms with Gasteiger partial charge in [0.2, 0.25) is 11.7 Å². The minimum absolute atomic E-state index is 0.372. The van der Waals surface area contributed by atoms with Gasteiger partial charge in [-0.05, 0) is 24.6 Å². The smallest absolute Gasteiger partial charge is 0.229 e. The van der Waals surface area contributed by atoms with Gasteiger partial charge >= 0.3 is 0 Å². The summed E-state index contributed by atoms with van der Waals surface area (Å²) >= 11 is 0. The molecule has 0 aliphatic rings. The van der Waals surface area contributed by atoms with E-state index in [-0.39, 0.29) is 0 Å². The van der Waals surface area contributed by atoms with Crippen molar-refractivity contribution in [1.82, 2.24) is 20.1 Å². The van der Waals surface area contributed by atoms with Gasteiger partial charge in [0.05, 0.1) is 23.6 Å². The molecule has 0 aliphatic carbocycles. The fraction of sp³-hybridized carbons (Fsp3) is 0.286. The third-order valence-electron chi connectivity index (χ3n) is 3.08. The van der Waals surface area contributed by atoms with Crippen LogP contribution in [0.4, 0.5) is 0 Å². The van der Waals surface area contributed by atoms with Crippen molar-refractivity contribution < 1.29 is 9.63 Å². The Balaban J connectivity index is 1.91. The van der Waals surface area contributed by atoms with Crippen LogP contribution in [0.25, 0.3) is 22.4 Å². The number of aliphatic hydroxyl groups excluding tert-OH is 1. The van der Waals surface area contributed by atoms with Gasteiger partial charge in [-0.15, -0.1) is 0 Å². The molecule has 0 radical (unpaired) electrons. The molecule has 0 aliphatic heterocycles. The van der Waals surface area contributed by atoms with Gasteiger partial charge in [-0.3, -0.25) is 9.97 Å². The molecule has 2 aromatic heterocycles. The zero-order chi connectivity index (χ0) is 13.9. The zero-order valence-electron chi connectivity index (χ0n) is 11.0. The largest absolute Gasteiger partial charge is 0.393 e. The molecule has 1 N–H and O–H groups in total. The standard InChI is InChI=1S/C14H14N4O2/c1-2-10(19)8-13-17-14(18-20-13)9-3-4-11-12(7-9)16-6-5-15-11/h3-7,10,19H,2,8H2,1H3. The first-order chi connectivity index (χ1) is 9.76. The van der Waals surface area contributed by atoms with Crippen molar-refractivity contribution in [2.75, 3.05) is 0 Å². The topological polar surface area (TPSA) is 84.9 Å². The van der Waals surface area contributed by atoms with Crippen LogP contribution >= 0.6 is 0 Å². The maximum Gasteiger partial charge on any atom is 0.229 e. The highest BCUT2D eigenvalue weighted by atomic mass is 16.5. The van der Waals surface area contributed by atoms with E-state index in [1.807, 2.05) is 25.1 Å². The van der Waals surface area contributed by atoms with Crippen LogP contribution < -0.4 is 0 Å². The van der Waals surface area contributed by atoms with E-state index in [2.05, 4.69) is 20.1 Å². The van der Waals surface area contributed by atoms with Crippen molar-refractivity contribution in [3.05, 3.63) is 36.5 Å². The van der Waals surface area contributed by atoms with E-state index in [1.54, 1.807) is 12.4 Å². The monoisotopic (exact) mass is 270 g/mol. The number of fused-ring (bicyclic) bond motifs is 1. The molecule has 20 heavy (non-hydrogen) atoms. The van der Waals surface area contributed by atoms with Crippen molar-refractivity contribution in [1.29, 1.82) is 0 Å². The third kappa shape index (κ3) is 2.50. The Hall–Kier alpha value is -2.34. The van der Waals surface area contributed by atoms with Gasteiger partial charge in [-0.2, -0.15) is 4.98 Å². The van der Waals surface area contributed by atoms with Crippen molar-refractivity contribution in [3.63, 3.8) is 0 Å². The lowest BCUT2D eigenvalue weighted by atomic mass is 10.2. The van der Waals surface area contributed by atoms with Gasteiger partial charge < -0.3 is 9.63 Å². The van der Waals surface area contributed by atoms with Gasteiger partial charge in [0.25, 0.3) is 0 Å². The van der Waals surface area contributed by atoms with Crippen molar-refractivity contribution >= 4 is 11.0 Å². The molecule has 1 unspecified atom stereocenters. The molecule has 0 saturated heterocycles. The van der Waals surface area contributed by atoms with E-state index in [9.17, 15) is 5.11 Å². The fourth-order valence-electron chi connectivity index (χ4n) is 1.90. The average molecular weight is 270 g/mol. The number of rotatable bonds is 4. The second kappa shape index (κ2) is 5.34. The van der Waals surface area contributed by atoms with Gasteiger partial charge in [-0.25, -0.2) is 0 Å². The van der Waals surface area contributed by atoms with Crippen LogP contribution in [0.2, 0.25) is 0 Å². The Morgan fingerprint density at radius 2 is 2.00 bits per heavy atom. The number of hydrogen-bond acceptors (Lipinski definition) is 6. The van der Waals surface area contributed by atoms with E-state index in [1.165, 1.54) is 0 Å². The van der Waals surface area contributed by atoms with Crippen LogP contribution in [0.1, 0.15) is 19.2 Å². The van der Waals surface area contributed by atoms with E-state index >= 15 is 0 Å². The Labute approximate surface area is 115 Å². The Bertz CT molecular complexity index is 726. The number of hydrogen-bond donors (Lipinski definition) is 1. The second-order valence-electron chi connectivity index (χ2n) is 4.54. The molecule has 6 nitrogen and oxygen atoms in total. The molecule has 3 aromatic rings. The zero-order valence-corrected chi connectivity index (χ0v) is 11.0. The molecule has 3 rings (SSSR count). The van der Waals surface area contributed by atoms with E-state index in [0.29, 0.717) is 24.6 Å². The summed E-state index contributed by atoms with van der Waals surface area (Å²) < 4.78 is 5.15. The van der Waals surface area contributed by atoms with Gasteiger partial charge in [0.15, 0.2) is 0 Å². The minimum Gasteiger partial charge on any atom is -0.393 e. The van der Waals surface area contributed by atoms with Gasteiger partial charge in [0, 0.05) is 18.0 Å². The quantitative estimate of drug-likeness (QED) is 0.780. The second-order valence-corrected chi connectivity index (χ2v) is 4.54. The molecule has 102 valence electrons. The number of nitrogens with zero attached hydrogens (tertiary/aromatic N) is 4. The molecule has 0 amide bonds. The molecule has 0 saturated carbocycles. The predicted molar refractivity (Wildman–Crippen MR) is 72.8 cm³/mol. The first kappa shape index (κ1) is 12.7. The highest BCUT2D eigenvalue weighted by Crippen LogP contribution is 2.20. The van der Waals surface area contributed by atoms with E-state index in [0.717, 1.165) is 16.6 Å². The molecule has 6 heteroatoms. The van der Waals surface area contributed by atoms with Gasteiger partial charge in [-0.1, -0.05) is 12.1 Å². The van der Waals surface area contributed by atoms with E-state index in [4.69, 9.17) is 4.52 Å². The highest BCUT2D eigenvalue weighted by Gasteiger charge is 2.12. The number of aliphatic hydroxyl groups is 1. The molecule has 0 bridgehead atoms. The number of benzene rings is 1. The normalized spacial score (nSPS) is 12.7. The minimum atomic E-state index is -0.453.